The molecule has 0 radical (unpaired) electrons. The number of rotatable bonds is 6. The Balaban J connectivity index is 2.31. The van der Waals surface area contributed by atoms with Gasteiger partial charge in [-0.25, -0.2) is 8.42 Å². The van der Waals surface area contributed by atoms with E-state index in [2.05, 4.69) is 0 Å². The third kappa shape index (κ3) is 3.95. The molecular weight excluding hydrogens is 352 g/mol. The van der Waals surface area contributed by atoms with Crippen LogP contribution in [0.25, 0.3) is 0 Å². The van der Waals surface area contributed by atoms with Gasteiger partial charge in [0.1, 0.15) is 22.9 Å². The minimum atomic E-state index is -3.78. The number of sulfone groups is 1. The summed E-state index contributed by atoms with van der Waals surface area (Å²) in [4.78, 5) is 0.144. The minimum absolute atomic E-state index is 0.144. The summed E-state index contributed by atoms with van der Waals surface area (Å²) >= 11 is 1.03. The second-order valence-corrected chi connectivity index (χ2v) is 9.62. The van der Waals surface area contributed by atoms with Gasteiger partial charge in [-0.2, -0.15) is 0 Å². The van der Waals surface area contributed by atoms with Crippen molar-refractivity contribution in [3.05, 3.63) is 29.8 Å². The molecule has 24 heavy (non-hydrogen) atoms. The Morgan fingerprint density at radius 1 is 1.25 bits per heavy atom. The van der Waals surface area contributed by atoms with Crippen LogP contribution in [0.15, 0.2) is 29.2 Å². The Bertz CT molecular complexity index is 656. The molecule has 1 aliphatic rings. The van der Waals surface area contributed by atoms with E-state index in [1.54, 1.807) is 32.2 Å². The topological polar surface area (TPSA) is 93.1 Å². The van der Waals surface area contributed by atoms with Gasteiger partial charge in [-0.15, -0.1) is 11.8 Å². The standard InChI is InChI=1S/C16H24O6S2/c1-10-5-7-11(8-6-10)24(19,20)15(23-4)13(18)14-12(9-17)21-16(2,3)22-14/h5-8,12-15,17-18H,9H2,1-4H3/t12-,13?,14-,15?/m0/s1. The maximum atomic E-state index is 12.9. The molecule has 0 bridgehead atoms. The highest BCUT2D eigenvalue weighted by molar-refractivity contribution is 8.13. The summed E-state index contributed by atoms with van der Waals surface area (Å²) in [5.74, 6) is -0.990. The molecule has 0 aromatic heterocycles. The van der Waals surface area contributed by atoms with Crippen LogP contribution in [0.3, 0.4) is 0 Å². The number of hydrogen-bond donors (Lipinski definition) is 2. The van der Waals surface area contributed by atoms with Crippen LogP contribution in [-0.4, -0.2) is 60.2 Å². The van der Waals surface area contributed by atoms with Gasteiger partial charge in [0.15, 0.2) is 15.6 Å². The number of aryl methyl sites for hydroxylation is 1. The molecule has 1 fully saturated rings. The first-order chi connectivity index (χ1) is 11.1. The molecule has 2 unspecified atom stereocenters. The number of hydrogen-bond acceptors (Lipinski definition) is 7. The highest BCUT2D eigenvalue weighted by atomic mass is 32.3. The van der Waals surface area contributed by atoms with Crippen LogP contribution in [0.1, 0.15) is 19.4 Å². The number of benzene rings is 1. The fourth-order valence-electron chi connectivity index (χ4n) is 2.76. The van der Waals surface area contributed by atoms with Crippen molar-refractivity contribution >= 4 is 21.6 Å². The van der Waals surface area contributed by atoms with E-state index in [0.29, 0.717) is 0 Å². The summed E-state index contributed by atoms with van der Waals surface area (Å²) in [6, 6.07) is 6.48. The lowest BCUT2D eigenvalue weighted by molar-refractivity contribution is -0.156. The smallest absolute Gasteiger partial charge is 0.193 e. The van der Waals surface area contributed by atoms with Gasteiger partial charge < -0.3 is 19.7 Å². The molecule has 1 heterocycles. The van der Waals surface area contributed by atoms with Gasteiger partial charge in [0, 0.05) is 0 Å². The van der Waals surface area contributed by atoms with E-state index in [-0.39, 0.29) is 11.5 Å². The maximum absolute atomic E-state index is 12.9. The molecule has 1 aromatic carbocycles. The van der Waals surface area contributed by atoms with Crippen LogP contribution in [0.5, 0.6) is 0 Å². The molecule has 0 amide bonds. The molecular formula is C16H24O6S2. The van der Waals surface area contributed by atoms with Crippen molar-refractivity contribution in [1.29, 1.82) is 0 Å². The zero-order chi connectivity index (χ0) is 18.1. The average molecular weight is 376 g/mol. The third-order valence-corrected chi connectivity index (χ3v) is 7.81. The van der Waals surface area contributed by atoms with E-state index in [9.17, 15) is 18.6 Å². The SMILES string of the molecule is CSC(C(O)[C@H]1OC(C)(C)O[C@H]1CO)S(=O)(=O)c1ccc(C)cc1. The van der Waals surface area contributed by atoms with E-state index in [4.69, 9.17) is 9.47 Å². The number of aliphatic hydroxyl groups is 2. The lowest BCUT2D eigenvalue weighted by Gasteiger charge is -2.27. The molecule has 6 nitrogen and oxygen atoms in total. The predicted molar refractivity (Wildman–Crippen MR) is 92.6 cm³/mol. The normalized spacial score (nSPS) is 26.2. The second kappa shape index (κ2) is 7.31. The largest absolute Gasteiger partial charge is 0.394 e. The molecule has 1 aromatic rings. The Kier molecular flexibility index (Phi) is 5.99. The van der Waals surface area contributed by atoms with Crippen LogP contribution in [-0.2, 0) is 19.3 Å². The first kappa shape index (κ1) is 19.7. The highest BCUT2D eigenvalue weighted by Gasteiger charge is 2.49. The predicted octanol–water partition coefficient (Wildman–Crippen LogP) is 1.33. The summed E-state index contributed by atoms with van der Waals surface area (Å²) < 4.78 is 35.8. The molecule has 2 rings (SSSR count). The Hall–Kier alpha value is -0.640. The van der Waals surface area contributed by atoms with Gasteiger partial charge in [-0.1, -0.05) is 17.7 Å². The number of ether oxygens (including phenoxy) is 2. The summed E-state index contributed by atoms with van der Waals surface area (Å²) in [6.45, 7) is 4.82. The van der Waals surface area contributed by atoms with Crippen LogP contribution in [0, 0.1) is 6.92 Å². The first-order valence-corrected chi connectivity index (χ1v) is 10.4. The van der Waals surface area contributed by atoms with E-state index in [1.807, 2.05) is 6.92 Å². The van der Waals surface area contributed by atoms with Crippen LogP contribution in [0.4, 0.5) is 0 Å². The fourth-order valence-corrected chi connectivity index (χ4v) is 5.85. The van der Waals surface area contributed by atoms with Crippen LogP contribution >= 0.6 is 11.8 Å². The Morgan fingerprint density at radius 3 is 2.33 bits per heavy atom. The first-order valence-electron chi connectivity index (χ1n) is 7.60. The molecule has 8 heteroatoms. The maximum Gasteiger partial charge on any atom is 0.193 e. The van der Waals surface area contributed by atoms with Gasteiger partial charge in [-0.3, -0.25) is 0 Å². The van der Waals surface area contributed by atoms with Gasteiger partial charge in [-0.05, 0) is 39.2 Å². The van der Waals surface area contributed by atoms with E-state index in [0.717, 1.165) is 17.3 Å². The fraction of sp³-hybridized carbons (Fsp3) is 0.625. The summed E-state index contributed by atoms with van der Waals surface area (Å²) in [6.07, 6.45) is -1.43. The molecule has 1 saturated heterocycles. The van der Waals surface area contributed by atoms with E-state index in [1.165, 1.54) is 12.1 Å². The molecule has 0 saturated carbocycles. The summed E-state index contributed by atoms with van der Waals surface area (Å²) in [7, 11) is -3.78. The van der Waals surface area contributed by atoms with E-state index < -0.39 is 38.5 Å². The average Bonchev–Trinajstić information content (AvgIpc) is 2.83. The summed E-state index contributed by atoms with van der Waals surface area (Å²) in [5, 5.41) is 20.1. The quantitative estimate of drug-likeness (QED) is 0.774. The minimum Gasteiger partial charge on any atom is -0.394 e. The van der Waals surface area contributed by atoms with Gasteiger partial charge in [0.25, 0.3) is 0 Å². The van der Waals surface area contributed by atoms with Crippen LogP contribution in [0.2, 0.25) is 0 Å². The van der Waals surface area contributed by atoms with Crippen molar-refractivity contribution in [3.8, 4) is 0 Å². The number of aliphatic hydroxyl groups excluding tert-OH is 2. The zero-order valence-corrected chi connectivity index (χ0v) is 15.8. The van der Waals surface area contributed by atoms with Gasteiger partial charge in [0.05, 0.1) is 11.5 Å². The Morgan fingerprint density at radius 2 is 1.83 bits per heavy atom. The number of thioether (sulfide) groups is 1. The summed E-state index contributed by atoms with van der Waals surface area (Å²) in [5.41, 5.74) is 0.949. The molecule has 1 aliphatic heterocycles. The zero-order valence-electron chi connectivity index (χ0n) is 14.2. The van der Waals surface area contributed by atoms with E-state index >= 15 is 0 Å². The monoisotopic (exact) mass is 376 g/mol. The van der Waals surface area contributed by atoms with Crippen molar-refractivity contribution < 1.29 is 28.1 Å². The third-order valence-electron chi connectivity index (χ3n) is 3.90. The van der Waals surface area contributed by atoms with Crippen molar-refractivity contribution in [3.63, 3.8) is 0 Å². The second-order valence-electron chi connectivity index (χ2n) is 6.27. The van der Waals surface area contributed by atoms with Crippen molar-refractivity contribution in [1.82, 2.24) is 0 Å². The molecule has 0 aliphatic carbocycles. The van der Waals surface area contributed by atoms with Crippen molar-refractivity contribution in [2.24, 2.45) is 0 Å². The Labute approximate surface area is 147 Å². The lowest BCUT2D eigenvalue weighted by Crippen LogP contribution is -2.46. The molecule has 4 atom stereocenters. The van der Waals surface area contributed by atoms with Crippen LogP contribution < -0.4 is 0 Å². The molecule has 2 N–H and O–H groups in total. The van der Waals surface area contributed by atoms with Gasteiger partial charge in [0.2, 0.25) is 0 Å². The molecule has 0 spiro atoms. The molecule has 136 valence electrons. The van der Waals surface area contributed by atoms with Crippen molar-refractivity contribution in [2.45, 2.75) is 54.3 Å². The van der Waals surface area contributed by atoms with Crippen molar-refractivity contribution in [2.75, 3.05) is 12.9 Å². The lowest BCUT2D eigenvalue weighted by atomic mass is 10.1. The van der Waals surface area contributed by atoms with Gasteiger partial charge >= 0.3 is 0 Å². The highest BCUT2D eigenvalue weighted by Crippen LogP contribution is 2.35.